The molecule has 1 heterocycles. The van der Waals surface area contributed by atoms with Crippen LogP contribution in [0.4, 0.5) is 5.82 Å². The fourth-order valence-corrected chi connectivity index (χ4v) is 2.31. The van der Waals surface area contributed by atoms with E-state index in [1.165, 1.54) is 5.56 Å². The monoisotopic (exact) mass is 314 g/mol. The second kappa shape index (κ2) is 7.83. The van der Waals surface area contributed by atoms with Crippen molar-refractivity contribution in [3.63, 3.8) is 0 Å². The lowest BCUT2D eigenvalue weighted by molar-refractivity contribution is -0.692. The van der Waals surface area contributed by atoms with E-state index in [9.17, 15) is 4.79 Å². The first-order valence-corrected chi connectivity index (χ1v) is 7.90. The summed E-state index contributed by atoms with van der Waals surface area (Å²) in [6.45, 7) is 7.11. The van der Waals surface area contributed by atoms with Gasteiger partial charge in [0.15, 0.2) is 6.54 Å². The Hall–Kier alpha value is -2.27. The molecule has 0 saturated heterocycles. The average molecular weight is 314 g/mol. The van der Waals surface area contributed by atoms with E-state index in [0.29, 0.717) is 30.4 Å². The molecule has 0 aliphatic rings. The van der Waals surface area contributed by atoms with E-state index in [4.69, 9.17) is 10.5 Å². The number of carbonyl (C=O) groups is 1. The number of nitrogens with two attached hydrogens (primary N) is 1. The third kappa shape index (κ3) is 4.36. The molecule has 2 N–H and O–H groups in total. The van der Waals surface area contributed by atoms with Crippen molar-refractivity contribution in [2.24, 2.45) is 0 Å². The van der Waals surface area contributed by atoms with Crippen LogP contribution in [-0.4, -0.2) is 17.4 Å². The molecular weight excluding hydrogens is 290 g/mol. The number of aromatic nitrogens is 2. The highest BCUT2D eigenvalue weighted by Gasteiger charge is 2.18. The van der Waals surface area contributed by atoms with Crippen LogP contribution in [0.1, 0.15) is 41.2 Å². The third-order valence-electron chi connectivity index (χ3n) is 3.80. The summed E-state index contributed by atoms with van der Waals surface area (Å²) >= 11 is 0. The zero-order valence-corrected chi connectivity index (χ0v) is 14.0. The zero-order valence-electron chi connectivity index (χ0n) is 14.0. The largest absolute Gasteiger partial charge is 0.377 e. The smallest absolute Gasteiger partial charge is 0.298 e. The SMILES string of the molecule is CCOCc1c[n+](CC(=O)c2ccc(CC)cc2)c(C)nc1N. The summed E-state index contributed by atoms with van der Waals surface area (Å²) in [5.74, 6) is 1.21. The lowest BCUT2D eigenvalue weighted by atomic mass is 10.1. The van der Waals surface area contributed by atoms with Gasteiger partial charge in [-0.25, -0.2) is 4.57 Å². The minimum absolute atomic E-state index is 0.0506. The Bertz CT molecular complexity index is 681. The molecular formula is C18H24N3O2+. The van der Waals surface area contributed by atoms with E-state index in [0.717, 1.165) is 12.0 Å². The van der Waals surface area contributed by atoms with Gasteiger partial charge in [-0.3, -0.25) is 4.79 Å². The minimum Gasteiger partial charge on any atom is -0.377 e. The van der Waals surface area contributed by atoms with Crippen LogP contribution in [0.25, 0.3) is 0 Å². The Kier molecular flexibility index (Phi) is 5.82. The number of Topliss-reactive ketones (excluding diaryl/α,β-unsaturated/α-hetero) is 1. The molecule has 5 heteroatoms. The van der Waals surface area contributed by atoms with E-state index < -0.39 is 0 Å². The van der Waals surface area contributed by atoms with Crippen molar-refractivity contribution in [1.29, 1.82) is 0 Å². The summed E-state index contributed by atoms with van der Waals surface area (Å²) in [6.07, 6.45) is 2.82. The first kappa shape index (κ1) is 17.1. The van der Waals surface area contributed by atoms with Gasteiger partial charge in [-0.15, -0.1) is 0 Å². The molecule has 2 rings (SSSR count). The molecule has 0 aliphatic heterocycles. The second-order valence-corrected chi connectivity index (χ2v) is 5.44. The van der Waals surface area contributed by atoms with Crippen molar-refractivity contribution in [2.75, 3.05) is 12.3 Å². The van der Waals surface area contributed by atoms with Crippen LogP contribution >= 0.6 is 0 Å². The summed E-state index contributed by atoms with van der Waals surface area (Å²) < 4.78 is 7.21. The fraction of sp³-hybridized carbons (Fsp3) is 0.389. The van der Waals surface area contributed by atoms with Crippen molar-refractivity contribution < 1.29 is 14.1 Å². The minimum atomic E-state index is 0.0506. The van der Waals surface area contributed by atoms with Crippen LogP contribution in [0.5, 0.6) is 0 Å². The van der Waals surface area contributed by atoms with Gasteiger partial charge in [0.25, 0.3) is 5.82 Å². The molecule has 0 saturated carbocycles. The predicted octanol–water partition coefficient (Wildman–Crippen LogP) is 2.24. The molecule has 0 fully saturated rings. The maximum absolute atomic E-state index is 12.5. The summed E-state index contributed by atoms with van der Waals surface area (Å²) in [6, 6.07) is 7.74. The summed E-state index contributed by atoms with van der Waals surface area (Å²) in [5, 5.41) is 0. The van der Waals surface area contributed by atoms with Gasteiger partial charge in [0.1, 0.15) is 6.20 Å². The van der Waals surface area contributed by atoms with Crippen LogP contribution in [0.15, 0.2) is 30.5 Å². The number of benzene rings is 1. The first-order valence-electron chi connectivity index (χ1n) is 7.90. The lowest BCUT2D eigenvalue weighted by Gasteiger charge is -2.07. The summed E-state index contributed by atoms with van der Waals surface area (Å²) in [7, 11) is 0. The van der Waals surface area contributed by atoms with Crippen molar-refractivity contribution >= 4 is 11.6 Å². The molecule has 0 radical (unpaired) electrons. The molecule has 122 valence electrons. The van der Waals surface area contributed by atoms with Crippen LogP contribution in [0.3, 0.4) is 0 Å². The van der Waals surface area contributed by atoms with Gasteiger partial charge in [0.2, 0.25) is 11.6 Å². The molecule has 0 amide bonds. The lowest BCUT2D eigenvalue weighted by Crippen LogP contribution is -2.42. The molecule has 0 unspecified atom stereocenters. The molecule has 5 nitrogen and oxygen atoms in total. The molecule has 0 aliphatic carbocycles. The fourth-order valence-electron chi connectivity index (χ4n) is 2.31. The van der Waals surface area contributed by atoms with Crippen molar-refractivity contribution in [3.8, 4) is 0 Å². The molecule has 1 aromatic heterocycles. The van der Waals surface area contributed by atoms with Gasteiger partial charge in [-0.05, 0) is 23.9 Å². The molecule has 0 bridgehead atoms. The Labute approximate surface area is 137 Å². The highest BCUT2D eigenvalue weighted by Crippen LogP contribution is 2.09. The summed E-state index contributed by atoms with van der Waals surface area (Å²) in [5.41, 5.74) is 8.64. The van der Waals surface area contributed by atoms with Crippen molar-refractivity contribution in [1.82, 2.24) is 4.98 Å². The Morgan fingerprint density at radius 2 is 1.96 bits per heavy atom. The normalized spacial score (nSPS) is 10.7. The Morgan fingerprint density at radius 3 is 2.57 bits per heavy atom. The van der Waals surface area contributed by atoms with Crippen molar-refractivity contribution in [2.45, 2.75) is 40.3 Å². The number of ketones is 1. The molecule has 2 aromatic rings. The molecule has 23 heavy (non-hydrogen) atoms. The number of nitrogens with zero attached hydrogens (tertiary/aromatic N) is 2. The first-order chi connectivity index (χ1) is 11.0. The topological polar surface area (TPSA) is 69.1 Å². The Morgan fingerprint density at radius 1 is 1.26 bits per heavy atom. The number of ether oxygens (including phenoxy) is 1. The van der Waals surface area contributed by atoms with Crippen LogP contribution in [0.2, 0.25) is 0 Å². The van der Waals surface area contributed by atoms with E-state index in [2.05, 4.69) is 11.9 Å². The van der Waals surface area contributed by atoms with Gasteiger partial charge in [-0.2, -0.15) is 0 Å². The second-order valence-electron chi connectivity index (χ2n) is 5.44. The molecule has 0 spiro atoms. The van der Waals surface area contributed by atoms with E-state index in [-0.39, 0.29) is 12.3 Å². The number of aryl methyl sites for hydroxylation is 2. The number of nitrogen functional groups attached to an aromatic ring is 1. The van der Waals surface area contributed by atoms with Crippen LogP contribution < -0.4 is 10.3 Å². The molecule has 0 atom stereocenters. The number of hydrogen-bond acceptors (Lipinski definition) is 4. The third-order valence-corrected chi connectivity index (χ3v) is 3.80. The van der Waals surface area contributed by atoms with Gasteiger partial charge in [0.05, 0.1) is 12.2 Å². The van der Waals surface area contributed by atoms with Gasteiger partial charge < -0.3 is 10.5 Å². The maximum Gasteiger partial charge on any atom is 0.298 e. The highest BCUT2D eigenvalue weighted by atomic mass is 16.5. The number of hydrogen-bond donors (Lipinski definition) is 1. The highest BCUT2D eigenvalue weighted by molar-refractivity contribution is 5.95. The van der Waals surface area contributed by atoms with Gasteiger partial charge in [-0.1, -0.05) is 31.2 Å². The van der Waals surface area contributed by atoms with E-state index in [1.54, 1.807) is 0 Å². The predicted molar refractivity (Wildman–Crippen MR) is 89.1 cm³/mol. The van der Waals surface area contributed by atoms with E-state index in [1.807, 2.05) is 48.9 Å². The summed E-state index contributed by atoms with van der Waals surface area (Å²) in [4.78, 5) is 16.8. The standard InChI is InChI=1S/C18H23N3O2/c1-4-14-6-8-15(9-7-14)17(22)11-21-10-16(12-23-5-2)18(19)20-13(21)3/h6-10,19H,4-5,11-12H2,1-3H3/p+1. The van der Waals surface area contributed by atoms with Gasteiger partial charge in [0, 0.05) is 19.1 Å². The molecule has 1 aromatic carbocycles. The maximum atomic E-state index is 12.5. The van der Waals surface area contributed by atoms with Gasteiger partial charge >= 0.3 is 0 Å². The number of anilines is 1. The average Bonchev–Trinajstić information content (AvgIpc) is 2.56. The number of rotatable bonds is 7. The Balaban J connectivity index is 2.18. The van der Waals surface area contributed by atoms with Crippen LogP contribution in [0, 0.1) is 6.92 Å². The number of carbonyl (C=O) groups excluding carboxylic acids is 1. The van der Waals surface area contributed by atoms with Crippen LogP contribution in [-0.2, 0) is 24.3 Å². The van der Waals surface area contributed by atoms with Crippen molar-refractivity contribution in [3.05, 3.63) is 53.0 Å². The zero-order chi connectivity index (χ0) is 16.8. The quantitative estimate of drug-likeness (QED) is 0.628. The van der Waals surface area contributed by atoms with E-state index >= 15 is 0 Å².